The Morgan fingerprint density at radius 3 is 2.87 bits per heavy atom. The molecule has 0 aromatic carbocycles. The molecule has 0 aliphatic heterocycles. The number of aromatic nitrogens is 5. The Balaban J connectivity index is 1.57. The molecule has 0 saturated heterocycles. The average Bonchev–Trinajstić information content (AvgIpc) is 3.04. The smallest absolute Gasteiger partial charge is 0.273 e. The molecule has 0 fully saturated rings. The molecular formula is C14H14Br2N6O. The van der Waals surface area contributed by atoms with Crippen LogP contribution in [0.1, 0.15) is 22.6 Å². The summed E-state index contributed by atoms with van der Waals surface area (Å²) >= 11 is 6.81. The van der Waals surface area contributed by atoms with Gasteiger partial charge in [0.1, 0.15) is 0 Å². The minimum atomic E-state index is -0.222. The summed E-state index contributed by atoms with van der Waals surface area (Å²) in [4.78, 5) is 16.4. The van der Waals surface area contributed by atoms with E-state index in [2.05, 4.69) is 52.4 Å². The number of hydrogen-bond acceptors (Lipinski definition) is 4. The van der Waals surface area contributed by atoms with E-state index in [-0.39, 0.29) is 5.91 Å². The lowest BCUT2D eigenvalue weighted by Crippen LogP contribution is -2.26. The van der Waals surface area contributed by atoms with Crippen molar-refractivity contribution in [3.63, 3.8) is 0 Å². The third kappa shape index (κ3) is 3.45. The quantitative estimate of drug-likeness (QED) is 0.617. The Labute approximate surface area is 149 Å². The molecule has 3 aromatic rings. The lowest BCUT2D eigenvalue weighted by molar-refractivity contribution is 0.0946. The Kier molecular flexibility index (Phi) is 4.76. The van der Waals surface area contributed by atoms with Gasteiger partial charge in [-0.15, -0.1) is 0 Å². The van der Waals surface area contributed by atoms with Gasteiger partial charge in [0.25, 0.3) is 5.91 Å². The average molecular weight is 442 g/mol. The summed E-state index contributed by atoms with van der Waals surface area (Å²) in [5, 5.41) is 11.5. The van der Waals surface area contributed by atoms with Crippen LogP contribution in [0.5, 0.6) is 0 Å². The van der Waals surface area contributed by atoms with E-state index in [0.717, 1.165) is 23.1 Å². The van der Waals surface area contributed by atoms with Crippen LogP contribution in [0, 0.1) is 6.92 Å². The standard InChI is InChI=1S/C14H14Br2N6O/c1-9-10(15)8-21(19-9)6-2-5-18-14(23)12-11(16)13-17-4-3-7-22(13)20-12/h3-4,7-8H,2,5-6H2,1H3,(H,18,23). The van der Waals surface area contributed by atoms with Gasteiger partial charge >= 0.3 is 0 Å². The van der Waals surface area contributed by atoms with Gasteiger partial charge in [0.05, 0.1) is 14.6 Å². The monoisotopic (exact) mass is 440 g/mol. The highest BCUT2D eigenvalue weighted by Gasteiger charge is 2.17. The zero-order valence-corrected chi connectivity index (χ0v) is 15.5. The predicted octanol–water partition coefficient (Wildman–Crippen LogP) is 2.58. The number of rotatable bonds is 5. The molecule has 120 valence electrons. The minimum Gasteiger partial charge on any atom is -0.351 e. The first-order valence-electron chi connectivity index (χ1n) is 7.03. The Hall–Kier alpha value is -1.74. The fourth-order valence-electron chi connectivity index (χ4n) is 2.14. The third-order valence-corrected chi connectivity index (χ3v) is 4.80. The van der Waals surface area contributed by atoms with Crippen molar-refractivity contribution in [3.05, 3.63) is 45.0 Å². The molecule has 0 spiro atoms. The van der Waals surface area contributed by atoms with Crippen molar-refractivity contribution in [1.82, 2.24) is 29.7 Å². The summed E-state index contributed by atoms with van der Waals surface area (Å²) in [5.41, 5.74) is 1.91. The first-order chi connectivity index (χ1) is 11.1. The molecule has 1 amide bonds. The lowest BCUT2D eigenvalue weighted by Gasteiger charge is -2.04. The molecule has 3 rings (SSSR count). The van der Waals surface area contributed by atoms with Crippen LogP contribution in [0.25, 0.3) is 5.65 Å². The van der Waals surface area contributed by atoms with Gasteiger partial charge in [-0.2, -0.15) is 10.2 Å². The predicted molar refractivity (Wildman–Crippen MR) is 92.3 cm³/mol. The highest BCUT2D eigenvalue weighted by atomic mass is 79.9. The van der Waals surface area contributed by atoms with Crippen molar-refractivity contribution in [2.45, 2.75) is 19.9 Å². The summed E-state index contributed by atoms with van der Waals surface area (Å²) in [6, 6.07) is 1.76. The summed E-state index contributed by atoms with van der Waals surface area (Å²) in [5.74, 6) is -0.222. The maximum Gasteiger partial charge on any atom is 0.273 e. The first-order valence-corrected chi connectivity index (χ1v) is 8.61. The fourth-order valence-corrected chi connectivity index (χ4v) is 3.00. The van der Waals surface area contributed by atoms with Crippen molar-refractivity contribution in [2.24, 2.45) is 0 Å². The van der Waals surface area contributed by atoms with Gasteiger partial charge in [-0.3, -0.25) is 9.48 Å². The molecule has 0 saturated carbocycles. The van der Waals surface area contributed by atoms with Crippen LogP contribution in [0.15, 0.2) is 33.6 Å². The molecule has 9 heteroatoms. The van der Waals surface area contributed by atoms with Crippen LogP contribution >= 0.6 is 31.9 Å². The number of aryl methyl sites for hydroxylation is 2. The molecule has 0 unspecified atom stereocenters. The van der Waals surface area contributed by atoms with E-state index >= 15 is 0 Å². The highest BCUT2D eigenvalue weighted by Crippen LogP contribution is 2.20. The van der Waals surface area contributed by atoms with Crippen LogP contribution < -0.4 is 5.32 Å². The van der Waals surface area contributed by atoms with E-state index in [4.69, 9.17) is 0 Å². The fraction of sp³-hybridized carbons (Fsp3) is 0.286. The molecule has 3 aromatic heterocycles. The molecule has 0 aliphatic rings. The minimum absolute atomic E-state index is 0.222. The summed E-state index contributed by atoms with van der Waals surface area (Å²) < 4.78 is 5.02. The van der Waals surface area contributed by atoms with Crippen LogP contribution in [-0.2, 0) is 6.54 Å². The zero-order chi connectivity index (χ0) is 16.4. The molecule has 0 atom stereocenters. The van der Waals surface area contributed by atoms with Crippen LogP contribution in [0.2, 0.25) is 0 Å². The number of fused-ring (bicyclic) bond motifs is 1. The second-order valence-electron chi connectivity index (χ2n) is 4.99. The van der Waals surface area contributed by atoms with E-state index in [1.165, 1.54) is 0 Å². The topological polar surface area (TPSA) is 77.1 Å². The van der Waals surface area contributed by atoms with E-state index in [1.54, 1.807) is 23.0 Å². The molecule has 1 N–H and O–H groups in total. The van der Waals surface area contributed by atoms with Crippen molar-refractivity contribution in [3.8, 4) is 0 Å². The number of carbonyl (C=O) groups is 1. The second-order valence-corrected chi connectivity index (χ2v) is 6.63. The van der Waals surface area contributed by atoms with Gasteiger partial charge in [0, 0.05) is 31.7 Å². The van der Waals surface area contributed by atoms with E-state index in [9.17, 15) is 4.79 Å². The summed E-state index contributed by atoms with van der Waals surface area (Å²) in [6.45, 7) is 3.22. The van der Waals surface area contributed by atoms with Gasteiger partial charge in [-0.25, -0.2) is 9.50 Å². The van der Waals surface area contributed by atoms with Crippen molar-refractivity contribution < 1.29 is 4.79 Å². The number of hydrogen-bond donors (Lipinski definition) is 1. The zero-order valence-electron chi connectivity index (χ0n) is 12.3. The number of halogens is 2. The Morgan fingerprint density at radius 2 is 2.17 bits per heavy atom. The maximum atomic E-state index is 12.2. The van der Waals surface area contributed by atoms with Gasteiger partial charge in [-0.1, -0.05) is 0 Å². The summed E-state index contributed by atoms with van der Waals surface area (Å²) in [7, 11) is 0. The van der Waals surface area contributed by atoms with Crippen LogP contribution in [-0.4, -0.2) is 36.8 Å². The van der Waals surface area contributed by atoms with Crippen LogP contribution in [0.4, 0.5) is 0 Å². The van der Waals surface area contributed by atoms with Gasteiger partial charge in [-0.05, 0) is 51.3 Å². The molecule has 3 heterocycles. The lowest BCUT2D eigenvalue weighted by atomic mass is 10.3. The van der Waals surface area contributed by atoms with Crippen molar-refractivity contribution >= 4 is 43.4 Å². The van der Waals surface area contributed by atoms with Gasteiger partial charge < -0.3 is 5.32 Å². The molecule has 0 bridgehead atoms. The van der Waals surface area contributed by atoms with E-state index in [1.807, 2.05) is 17.8 Å². The van der Waals surface area contributed by atoms with Crippen molar-refractivity contribution in [2.75, 3.05) is 6.54 Å². The second kappa shape index (κ2) is 6.79. The number of nitrogens with zero attached hydrogens (tertiary/aromatic N) is 5. The SMILES string of the molecule is Cc1nn(CCCNC(=O)c2nn3cccnc3c2Br)cc1Br. The number of nitrogens with one attached hydrogen (secondary N) is 1. The number of carbonyl (C=O) groups excluding carboxylic acids is 1. The molecule has 7 nitrogen and oxygen atoms in total. The molecule has 23 heavy (non-hydrogen) atoms. The maximum absolute atomic E-state index is 12.2. The van der Waals surface area contributed by atoms with Crippen LogP contribution in [0.3, 0.4) is 0 Å². The van der Waals surface area contributed by atoms with Crippen molar-refractivity contribution in [1.29, 1.82) is 0 Å². The van der Waals surface area contributed by atoms with Gasteiger partial charge in [0.2, 0.25) is 0 Å². The molecule has 0 radical (unpaired) electrons. The van der Waals surface area contributed by atoms with Gasteiger partial charge in [0.15, 0.2) is 11.3 Å². The summed E-state index contributed by atoms with van der Waals surface area (Å²) in [6.07, 6.45) is 6.12. The number of amides is 1. The normalized spacial score (nSPS) is 11.1. The largest absolute Gasteiger partial charge is 0.351 e. The Bertz CT molecular complexity index is 837. The molecular weight excluding hydrogens is 428 g/mol. The third-order valence-electron chi connectivity index (χ3n) is 3.29. The highest BCUT2D eigenvalue weighted by molar-refractivity contribution is 9.11. The van der Waals surface area contributed by atoms with E-state index < -0.39 is 0 Å². The first kappa shape index (κ1) is 16.1. The molecule has 0 aliphatic carbocycles. The van der Waals surface area contributed by atoms with E-state index in [0.29, 0.717) is 22.4 Å². The Morgan fingerprint density at radius 1 is 1.35 bits per heavy atom.